The average molecular weight is 481 g/mol. The second-order valence-corrected chi connectivity index (χ2v) is 12.7. The molecule has 4 saturated heterocycles. The molecule has 4 N–H and O–H groups in total. The van der Waals surface area contributed by atoms with Crippen molar-refractivity contribution in [2.75, 3.05) is 0 Å². The number of nitrogens with two attached hydrogens (primary N) is 2. The predicted octanol–water partition coefficient (Wildman–Crippen LogP) is 4.53. The van der Waals surface area contributed by atoms with E-state index in [2.05, 4.69) is 0 Å². The van der Waals surface area contributed by atoms with Crippen LogP contribution in [-0.4, -0.2) is 69.4 Å². The van der Waals surface area contributed by atoms with E-state index in [9.17, 15) is 9.59 Å². The number of nitrogens with zero attached hydrogens (tertiary/aromatic N) is 2. The van der Waals surface area contributed by atoms with Crippen molar-refractivity contribution in [2.45, 2.75) is 153 Å². The first-order valence-corrected chi connectivity index (χ1v) is 13.3. The summed E-state index contributed by atoms with van der Waals surface area (Å²) in [5.74, 6) is 0. The number of piperidine rings is 4. The molecule has 4 aliphatic heterocycles. The molecule has 0 radical (unpaired) electrons. The molecule has 4 aliphatic rings. The second kappa shape index (κ2) is 10.6. The Kier molecular flexibility index (Phi) is 8.44. The zero-order valence-corrected chi connectivity index (χ0v) is 22.2. The van der Waals surface area contributed by atoms with E-state index >= 15 is 0 Å². The van der Waals surface area contributed by atoms with Crippen LogP contribution in [0.1, 0.15) is 106 Å². The van der Waals surface area contributed by atoms with Crippen LogP contribution in [-0.2, 0) is 9.47 Å². The molecular formula is C26H48N4O4. The molecule has 0 saturated carbocycles. The summed E-state index contributed by atoms with van der Waals surface area (Å²) in [5.41, 5.74) is 11.2. The minimum atomic E-state index is -0.412. The second-order valence-electron chi connectivity index (χ2n) is 12.7. The monoisotopic (exact) mass is 480 g/mol. The molecule has 4 heterocycles. The Bertz CT molecular complexity index is 629. The zero-order valence-electron chi connectivity index (χ0n) is 22.2. The lowest BCUT2D eigenvalue weighted by Gasteiger charge is -2.47. The number of rotatable bonds is 0. The van der Waals surface area contributed by atoms with Crippen LogP contribution in [0.15, 0.2) is 0 Å². The fourth-order valence-corrected chi connectivity index (χ4v) is 6.07. The van der Waals surface area contributed by atoms with Gasteiger partial charge >= 0.3 is 12.2 Å². The maximum Gasteiger partial charge on any atom is 0.410 e. The molecule has 196 valence electrons. The molecular weight excluding hydrogens is 432 g/mol. The van der Waals surface area contributed by atoms with Gasteiger partial charge < -0.3 is 30.7 Å². The van der Waals surface area contributed by atoms with Gasteiger partial charge in [0.25, 0.3) is 0 Å². The fourth-order valence-electron chi connectivity index (χ4n) is 6.07. The van der Waals surface area contributed by atoms with Gasteiger partial charge in [-0.25, -0.2) is 9.59 Å². The third-order valence-corrected chi connectivity index (χ3v) is 7.23. The van der Waals surface area contributed by atoms with Crippen molar-refractivity contribution in [3.63, 3.8) is 0 Å². The molecule has 4 unspecified atom stereocenters. The van der Waals surface area contributed by atoms with E-state index in [1.165, 1.54) is 12.8 Å². The van der Waals surface area contributed by atoms with Gasteiger partial charge in [0.05, 0.1) is 0 Å². The summed E-state index contributed by atoms with van der Waals surface area (Å²) in [7, 11) is 0. The SMILES string of the molecule is CC(C)(C)OC(=O)N1C2CCC[C@@H]1CC(N)C2.CC(C)(C)OC(=O)N1C2CCC[C@@H]1CC(N)C2. The molecule has 34 heavy (non-hydrogen) atoms. The topological polar surface area (TPSA) is 111 Å². The molecule has 8 heteroatoms. The van der Waals surface area contributed by atoms with Crippen molar-refractivity contribution in [3.8, 4) is 0 Å². The fraction of sp³-hybridized carbons (Fsp3) is 0.923. The summed E-state index contributed by atoms with van der Waals surface area (Å²) < 4.78 is 11.0. The van der Waals surface area contributed by atoms with Crippen LogP contribution in [0.5, 0.6) is 0 Å². The van der Waals surface area contributed by atoms with Crippen molar-refractivity contribution in [2.24, 2.45) is 11.5 Å². The van der Waals surface area contributed by atoms with Gasteiger partial charge in [-0.2, -0.15) is 0 Å². The van der Waals surface area contributed by atoms with Gasteiger partial charge in [-0.1, -0.05) is 0 Å². The molecule has 0 aromatic rings. The van der Waals surface area contributed by atoms with Gasteiger partial charge in [-0.15, -0.1) is 0 Å². The molecule has 6 atom stereocenters. The smallest absolute Gasteiger partial charge is 0.410 e. The summed E-state index contributed by atoms with van der Waals surface area (Å²) in [6.45, 7) is 11.5. The van der Waals surface area contributed by atoms with E-state index in [1.807, 2.05) is 51.3 Å². The third-order valence-electron chi connectivity index (χ3n) is 7.23. The van der Waals surface area contributed by atoms with Crippen molar-refractivity contribution in [3.05, 3.63) is 0 Å². The molecule has 4 rings (SSSR count). The van der Waals surface area contributed by atoms with Crippen LogP contribution in [0, 0.1) is 0 Å². The van der Waals surface area contributed by atoms with Crippen LogP contribution in [0.2, 0.25) is 0 Å². The van der Waals surface area contributed by atoms with Crippen LogP contribution >= 0.6 is 0 Å². The Morgan fingerprint density at radius 1 is 0.618 bits per heavy atom. The van der Waals surface area contributed by atoms with E-state index in [4.69, 9.17) is 20.9 Å². The normalized spacial score (nSPS) is 33.4. The van der Waals surface area contributed by atoms with Gasteiger partial charge in [0, 0.05) is 36.3 Å². The molecule has 0 aromatic carbocycles. The average Bonchev–Trinajstić information content (AvgIpc) is 2.64. The van der Waals surface area contributed by atoms with Crippen molar-refractivity contribution >= 4 is 12.2 Å². The summed E-state index contributed by atoms with van der Waals surface area (Å²) in [6, 6.07) is 1.70. The van der Waals surface area contributed by atoms with E-state index in [0.717, 1.165) is 51.4 Å². The highest BCUT2D eigenvalue weighted by Crippen LogP contribution is 2.35. The molecule has 0 aromatic heterocycles. The van der Waals surface area contributed by atoms with Crippen molar-refractivity contribution in [1.29, 1.82) is 0 Å². The number of carbonyl (C=O) groups excluding carboxylic acids is 2. The summed E-state index contributed by atoms with van der Waals surface area (Å²) in [5, 5.41) is 0. The highest BCUT2D eigenvalue weighted by Gasteiger charge is 2.42. The van der Waals surface area contributed by atoms with Crippen molar-refractivity contribution in [1.82, 2.24) is 9.80 Å². The van der Waals surface area contributed by atoms with Crippen LogP contribution in [0.3, 0.4) is 0 Å². The van der Waals surface area contributed by atoms with E-state index in [1.54, 1.807) is 0 Å². The van der Waals surface area contributed by atoms with E-state index in [-0.39, 0.29) is 24.3 Å². The quantitative estimate of drug-likeness (QED) is 0.527. The van der Waals surface area contributed by atoms with Gasteiger partial charge in [-0.3, -0.25) is 0 Å². The maximum absolute atomic E-state index is 12.2. The third kappa shape index (κ3) is 7.23. The highest BCUT2D eigenvalue weighted by molar-refractivity contribution is 5.70. The van der Waals surface area contributed by atoms with E-state index in [0.29, 0.717) is 24.2 Å². The van der Waals surface area contributed by atoms with Gasteiger partial charge in [0.15, 0.2) is 0 Å². The summed E-state index contributed by atoms with van der Waals surface area (Å²) >= 11 is 0. The van der Waals surface area contributed by atoms with Gasteiger partial charge in [0.1, 0.15) is 11.2 Å². The number of fused-ring (bicyclic) bond motifs is 4. The van der Waals surface area contributed by atoms with Crippen molar-refractivity contribution < 1.29 is 19.1 Å². The Morgan fingerprint density at radius 2 is 0.882 bits per heavy atom. The molecule has 8 nitrogen and oxygen atoms in total. The minimum absolute atomic E-state index is 0.154. The van der Waals surface area contributed by atoms with Crippen LogP contribution in [0.25, 0.3) is 0 Å². The molecule has 4 fully saturated rings. The summed E-state index contributed by atoms with van der Waals surface area (Å²) in [6.07, 6.45) is 10.1. The van der Waals surface area contributed by atoms with Gasteiger partial charge in [0.2, 0.25) is 0 Å². The standard InChI is InChI=1S/2C13H24N2O2/c2*1-13(2,3)17-12(16)15-10-5-4-6-11(15)8-9(14)7-10/h2*9-11H,4-8,14H2,1-3H3/t2*9?,10-,11?/m11/s1. The first-order valence-electron chi connectivity index (χ1n) is 13.3. The van der Waals surface area contributed by atoms with Crippen LogP contribution < -0.4 is 11.5 Å². The Hall–Kier alpha value is -1.54. The lowest BCUT2D eigenvalue weighted by atomic mass is 9.82. The molecule has 2 amide bonds. The molecule has 0 aliphatic carbocycles. The Balaban J connectivity index is 0.000000191. The number of hydrogen-bond acceptors (Lipinski definition) is 6. The molecule has 4 bridgehead atoms. The Morgan fingerprint density at radius 3 is 1.12 bits per heavy atom. The maximum atomic E-state index is 12.2. The highest BCUT2D eigenvalue weighted by atomic mass is 16.6. The Labute approximate surface area is 206 Å². The minimum Gasteiger partial charge on any atom is -0.444 e. The number of ether oxygens (including phenoxy) is 2. The number of carbonyl (C=O) groups is 2. The van der Waals surface area contributed by atoms with Gasteiger partial charge in [-0.05, 0) is 106 Å². The number of amides is 2. The lowest BCUT2D eigenvalue weighted by molar-refractivity contribution is -0.0220. The predicted molar refractivity (Wildman–Crippen MR) is 133 cm³/mol. The first kappa shape index (κ1) is 27.1. The summed E-state index contributed by atoms with van der Waals surface area (Å²) in [4.78, 5) is 28.3. The largest absolute Gasteiger partial charge is 0.444 e. The number of hydrogen-bond donors (Lipinski definition) is 2. The van der Waals surface area contributed by atoms with E-state index < -0.39 is 11.2 Å². The lowest BCUT2D eigenvalue weighted by Crippen LogP contribution is -2.58. The van der Waals surface area contributed by atoms with Crippen LogP contribution in [0.4, 0.5) is 9.59 Å². The first-order chi connectivity index (χ1) is 15.7. The molecule has 0 spiro atoms. The zero-order chi connectivity index (χ0) is 25.3.